The zero-order chi connectivity index (χ0) is 10.6. The van der Waals surface area contributed by atoms with E-state index in [9.17, 15) is 9.59 Å². The minimum absolute atomic E-state index is 0.332. The van der Waals surface area contributed by atoms with E-state index in [0.717, 1.165) is 0 Å². The summed E-state index contributed by atoms with van der Waals surface area (Å²) in [6.07, 6.45) is 2.97. The maximum atomic E-state index is 11.3. The van der Waals surface area contributed by atoms with Crippen LogP contribution in [0.25, 0.3) is 0 Å². The number of aromatic nitrogens is 1. The number of pyridine rings is 1. The molecule has 74 valence electrons. The summed E-state index contributed by atoms with van der Waals surface area (Å²) < 4.78 is 0.702. The molecular weight excluding hydrogens is 250 g/mol. The van der Waals surface area contributed by atoms with Crippen molar-refractivity contribution in [3.63, 3.8) is 0 Å². The van der Waals surface area contributed by atoms with E-state index in [1.165, 1.54) is 13.1 Å². The van der Waals surface area contributed by atoms with E-state index >= 15 is 0 Å². The molecule has 0 aliphatic rings. The van der Waals surface area contributed by atoms with Crippen LogP contribution in [0, 0.1) is 0 Å². The number of nitrogens with zero attached hydrogens (tertiary/aromatic N) is 1. The van der Waals surface area contributed by atoms with Crippen LogP contribution >= 0.6 is 15.9 Å². The monoisotopic (exact) mass is 257 g/mol. The first-order chi connectivity index (χ1) is 6.59. The SMILES string of the molecule is CC(=O)NNC(=O)c1cncc(Br)c1. The molecule has 0 aliphatic carbocycles. The molecule has 0 fully saturated rings. The van der Waals surface area contributed by atoms with Gasteiger partial charge < -0.3 is 0 Å². The molecule has 1 aromatic heterocycles. The number of halogens is 1. The van der Waals surface area contributed by atoms with E-state index in [0.29, 0.717) is 10.0 Å². The molecule has 2 amide bonds. The maximum absolute atomic E-state index is 11.3. The molecule has 14 heavy (non-hydrogen) atoms. The summed E-state index contributed by atoms with van der Waals surface area (Å²) in [5, 5.41) is 0. The highest BCUT2D eigenvalue weighted by molar-refractivity contribution is 9.10. The molecule has 6 heteroatoms. The summed E-state index contributed by atoms with van der Waals surface area (Å²) in [7, 11) is 0. The zero-order valence-electron chi connectivity index (χ0n) is 7.37. The minimum atomic E-state index is -0.408. The van der Waals surface area contributed by atoms with Crippen LogP contribution in [0.15, 0.2) is 22.9 Å². The van der Waals surface area contributed by atoms with Crippen molar-refractivity contribution in [1.82, 2.24) is 15.8 Å². The van der Waals surface area contributed by atoms with Gasteiger partial charge in [0, 0.05) is 23.8 Å². The lowest BCUT2D eigenvalue weighted by molar-refractivity contribution is -0.119. The summed E-state index contributed by atoms with van der Waals surface area (Å²) in [6.45, 7) is 1.31. The first-order valence-corrected chi connectivity index (χ1v) is 4.56. The van der Waals surface area contributed by atoms with Crippen LogP contribution in [-0.2, 0) is 4.79 Å². The number of carbonyl (C=O) groups is 2. The highest BCUT2D eigenvalue weighted by Gasteiger charge is 2.05. The number of hydrogen-bond donors (Lipinski definition) is 2. The third kappa shape index (κ3) is 3.14. The van der Waals surface area contributed by atoms with Gasteiger partial charge in [-0.3, -0.25) is 25.4 Å². The molecule has 0 atom stereocenters. The normalized spacial score (nSPS) is 9.29. The van der Waals surface area contributed by atoms with Gasteiger partial charge in [0.2, 0.25) is 5.91 Å². The topological polar surface area (TPSA) is 71.1 Å². The Morgan fingerprint density at radius 1 is 1.36 bits per heavy atom. The second kappa shape index (κ2) is 4.71. The number of carbonyl (C=O) groups excluding carboxylic acids is 2. The average Bonchev–Trinajstić information content (AvgIpc) is 2.14. The Kier molecular flexibility index (Phi) is 3.58. The number of rotatable bonds is 1. The summed E-state index contributed by atoms with van der Waals surface area (Å²) in [6, 6.07) is 1.60. The Balaban J connectivity index is 2.65. The van der Waals surface area contributed by atoms with Crippen molar-refractivity contribution >= 4 is 27.7 Å². The van der Waals surface area contributed by atoms with Crippen LogP contribution in [0.4, 0.5) is 0 Å². The van der Waals surface area contributed by atoms with Crippen molar-refractivity contribution in [2.45, 2.75) is 6.92 Å². The van der Waals surface area contributed by atoms with Crippen LogP contribution in [0.5, 0.6) is 0 Å². The maximum Gasteiger partial charge on any atom is 0.271 e. The molecule has 0 aliphatic heterocycles. The highest BCUT2D eigenvalue weighted by Crippen LogP contribution is 2.08. The lowest BCUT2D eigenvalue weighted by Crippen LogP contribution is -2.40. The van der Waals surface area contributed by atoms with Gasteiger partial charge in [0.1, 0.15) is 0 Å². The second-order valence-electron chi connectivity index (χ2n) is 2.53. The molecule has 0 spiro atoms. The predicted molar refractivity (Wildman–Crippen MR) is 53.2 cm³/mol. The number of nitrogens with one attached hydrogen (secondary N) is 2. The van der Waals surface area contributed by atoms with Gasteiger partial charge in [-0.15, -0.1) is 0 Å². The smallest absolute Gasteiger partial charge is 0.271 e. The molecule has 2 N–H and O–H groups in total. The molecule has 1 rings (SSSR count). The predicted octanol–water partition coefficient (Wildman–Crippen LogP) is 0.625. The summed E-state index contributed by atoms with van der Waals surface area (Å²) in [5.74, 6) is -0.740. The molecule has 0 saturated heterocycles. The lowest BCUT2D eigenvalue weighted by atomic mass is 10.3. The second-order valence-corrected chi connectivity index (χ2v) is 3.44. The fourth-order valence-corrected chi connectivity index (χ4v) is 1.12. The zero-order valence-corrected chi connectivity index (χ0v) is 8.96. The Hall–Kier alpha value is -1.43. The molecule has 0 saturated carbocycles. The van der Waals surface area contributed by atoms with E-state index in [2.05, 4.69) is 31.8 Å². The van der Waals surface area contributed by atoms with Crippen molar-refractivity contribution < 1.29 is 9.59 Å². The summed E-state index contributed by atoms with van der Waals surface area (Å²) in [4.78, 5) is 25.6. The average molecular weight is 258 g/mol. The van der Waals surface area contributed by atoms with Crippen LogP contribution in [0.3, 0.4) is 0 Å². The van der Waals surface area contributed by atoms with E-state index in [4.69, 9.17) is 0 Å². The Bertz CT molecular complexity index is 367. The standard InChI is InChI=1S/C8H8BrN3O2/c1-5(13)11-12-8(14)6-2-7(9)4-10-3-6/h2-4H,1H3,(H,11,13)(H,12,14). The van der Waals surface area contributed by atoms with Crippen LogP contribution < -0.4 is 10.9 Å². The number of hydrazine groups is 1. The molecule has 0 radical (unpaired) electrons. The quantitative estimate of drug-likeness (QED) is 0.725. The first-order valence-electron chi connectivity index (χ1n) is 3.77. The minimum Gasteiger partial charge on any atom is -0.274 e. The molecular formula is C8H8BrN3O2. The summed E-state index contributed by atoms with van der Waals surface area (Å²) in [5.41, 5.74) is 4.78. The van der Waals surface area contributed by atoms with E-state index in [1.54, 1.807) is 12.3 Å². The van der Waals surface area contributed by atoms with Crippen molar-refractivity contribution in [2.75, 3.05) is 0 Å². The van der Waals surface area contributed by atoms with Crippen LogP contribution in [-0.4, -0.2) is 16.8 Å². The first kappa shape index (κ1) is 10.6. The van der Waals surface area contributed by atoms with Crippen LogP contribution in [0.2, 0.25) is 0 Å². The molecule has 1 aromatic rings. The van der Waals surface area contributed by atoms with Gasteiger partial charge in [-0.2, -0.15) is 0 Å². The Morgan fingerprint density at radius 2 is 2.07 bits per heavy atom. The fourth-order valence-electron chi connectivity index (χ4n) is 0.753. The van der Waals surface area contributed by atoms with Gasteiger partial charge in [-0.25, -0.2) is 0 Å². The van der Waals surface area contributed by atoms with Crippen LogP contribution in [0.1, 0.15) is 17.3 Å². The number of hydrogen-bond acceptors (Lipinski definition) is 3. The Labute approximate surface area is 89.0 Å². The van der Waals surface area contributed by atoms with Crippen molar-refractivity contribution in [1.29, 1.82) is 0 Å². The van der Waals surface area contributed by atoms with Gasteiger partial charge in [0.25, 0.3) is 5.91 Å². The molecule has 0 aromatic carbocycles. The van der Waals surface area contributed by atoms with E-state index in [1.807, 2.05) is 0 Å². The van der Waals surface area contributed by atoms with Crippen molar-refractivity contribution in [2.24, 2.45) is 0 Å². The molecule has 5 nitrogen and oxygen atoms in total. The van der Waals surface area contributed by atoms with Gasteiger partial charge in [0.05, 0.1) is 5.56 Å². The highest BCUT2D eigenvalue weighted by atomic mass is 79.9. The van der Waals surface area contributed by atoms with Crippen molar-refractivity contribution in [3.05, 3.63) is 28.5 Å². The third-order valence-electron chi connectivity index (χ3n) is 1.32. The largest absolute Gasteiger partial charge is 0.274 e. The Morgan fingerprint density at radius 3 is 2.64 bits per heavy atom. The third-order valence-corrected chi connectivity index (χ3v) is 1.75. The van der Waals surface area contributed by atoms with Gasteiger partial charge in [-0.1, -0.05) is 0 Å². The van der Waals surface area contributed by atoms with Gasteiger partial charge >= 0.3 is 0 Å². The van der Waals surface area contributed by atoms with Crippen molar-refractivity contribution in [3.8, 4) is 0 Å². The van der Waals surface area contributed by atoms with E-state index in [-0.39, 0.29) is 5.91 Å². The molecule has 0 bridgehead atoms. The fraction of sp³-hybridized carbons (Fsp3) is 0.125. The number of amides is 2. The molecule has 0 unspecified atom stereocenters. The lowest BCUT2D eigenvalue weighted by Gasteiger charge is -2.04. The van der Waals surface area contributed by atoms with Gasteiger partial charge in [0.15, 0.2) is 0 Å². The summed E-state index contributed by atoms with van der Waals surface area (Å²) >= 11 is 3.18. The van der Waals surface area contributed by atoms with Gasteiger partial charge in [-0.05, 0) is 22.0 Å². The van der Waals surface area contributed by atoms with E-state index < -0.39 is 5.91 Å². The molecule has 1 heterocycles.